The Balaban J connectivity index is 2.21. The topological polar surface area (TPSA) is 108 Å². The normalized spacial score (nSPS) is 11.6. The zero-order valence-electron chi connectivity index (χ0n) is 13.9. The second-order valence-electron chi connectivity index (χ2n) is 5.71. The lowest BCUT2D eigenvalue weighted by Crippen LogP contribution is -2.32. The molecule has 0 aliphatic rings. The highest BCUT2D eigenvalue weighted by atomic mass is 79.9. The van der Waals surface area contributed by atoms with Gasteiger partial charge in [-0.1, -0.05) is 36.4 Å². The first-order valence-electron chi connectivity index (χ1n) is 7.85. The predicted molar refractivity (Wildman–Crippen MR) is 112 cm³/mol. The number of phenols is 2. The van der Waals surface area contributed by atoms with E-state index < -0.39 is 5.91 Å². The van der Waals surface area contributed by atoms with Gasteiger partial charge in [0.05, 0.1) is 10.2 Å². The summed E-state index contributed by atoms with van der Waals surface area (Å²) in [6.07, 6.45) is 0. The van der Waals surface area contributed by atoms with Crippen molar-refractivity contribution < 1.29 is 15.0 Å². The van der Waals surface area contributed by atoms with E-state index in [4.69, 9.17) is 5.84 Å². The summed E-state index contributed by atoms with van der Waals surface area (Å²) in [6, 6.07) is 15.1. The first-order chi connectivity index (χ1) is 12.9. The van der Waals surface area contributed by atoms with Crippen molar-refractivity contribution in [2.24, 2.45) is 10.8 Å². The van der Waals surface area contributed by atoms with E-state index in [0.717, 1.165) is 10.8 Å². The molecule has 3 rings (SSSR count). The van der Waals surface area contributed by atoms with E-state index in [0.29, 0.717) is 21.3 Å². The molecule has 138 valence electrons. The van der Waals surface area contributed by atoms with Crippen LogP contribution in [0.5, 0.6) is 11.5 Å². The zero-order chi connectivity index (χ0) is 19.6. The van der Waals surface area contributed by atoms with Gasteiger partial charge in [0.1, 0.15) is 22.5 Å². The van der Waals surface area contributed by atoms with E-state index >= 15 is 0 Å². The summed E-state index contributed by atoms with van der Waals surface area (Å²) in [5.74, 6) is 4.36. The fraction of sp³-hybridized carbons (Fsp3) is 0.0526. The minimum Gasteiger partial charge on any atom is -0.506 e. The van der Waals surface area contributed by atoms with Gasteiger partial charge in [-0.05, 0) is 54.8 Å². The Hall–Kier alpha value is -2.42. The van der Waals surface area contributed by atoms with Crippen LogP contribution in [0.2, 0.25) is 0 Å². The van der Waals surface area contributed by atoms with Gasteiger partial charge in [0, 0.05) is 11.1 Å². The molecule has 0 bridgehead atoms. The number of benzene rings is 3. The van der Waals surface area contributed by atoms with Gasteiger partial charge in [-0.15, -0.1) is 0 Å². The van der Waals surface area contributed by atoms with Crippen LogP contribution in [0.3, 0.4) is 0 Å². The van der Waals surface area contributed by atoms with Gasteiger partial charge >= 0.3 is 0 Å². The quantitative estimate of drug-likeness (QED) is 0.193. The van der Waals surface area contributed by atoms with Crippen LogP contribution in [-0.2, 0) is 4.79 Å². The lowest BCUT2D eigenvalue weighted by Gasteiger charge is -2.13. The number of hydrogen-bond donors (Lipinski definition) is 4. The summed E-state index contributed by atoms with van der Waals surface area (Å²) in [5, 5.41) is 22.6. The molecule has 3 aromatic rings. The number of amides is 1. The maximum atomic E-state index is 11.6. The third-order valence-electron chi connectivity index (χ3n) is 3.99. The highest BCUT2D eigenvalue weighted by Gasteiger charge is 2.19. The highest BCUT2D eigenvalue weighted by Crippen LogP contribution is 2.42. The number of fused-ring (bicyclic) bond motifs is 1. The van der Waals surface area contributed by atoms with E-state index in [-0.39, 0.29) is 22.5 Å². The van der Waals surface area contributed by atoms with Crippen molar-refractivity contribution in [1.29, 1.82) is 0 Å². The first kappa shape index (κ1) is 19.3. The standard InChI is InChI=1S/C19H15Br2N3O3/c20-14-8-13(18(26)16(21)19(14)27)17(23-9-15(25)24-22)12-6-5-10-3-1-2-4-11(10)7-12/h1-8,26-27H,9,22H2,(H,24,25). The lowest BCUT2D eigenvalue weighted by atomic mass is 9.98. The molecule has 0 aliphatic heterocycles. The number of nitrogens with two attached hydrogens (primary N) is 1. The molecule has 0 aromatic heterocycles. The Kier molecular flexibility index (Phi) is 5.79. The number of aliphatic imine (C=N–C) groups is 1. The van der Waals surface area contributed by atoms with Crippen LogP contribution in [0, 0.1) is 0 Å². The number of nitrogens with one attached hydrogen (secondary N) is 1. The molecule has 8 heteroatoms. The summed E-state index contributed by atoms with van der Waals surface area (Å²) in [5.41, 5.74) is 3.48. The second-order valence-corrected chi connectivity index (χ2v) is 7.36. The molecule has 3 aromatic carbocycles. The van der Waals surface area contributed by atoms with Gasteiger partial charge in [0.25, 0.3) is 5.91 Å². The Bertz CT molecular complexity index is 1070. The van der Waals surface area contributed by atoms with Crippen molar-refractivity contribution in [2.45, 2.75) is 0 Å². The summed E-state index contributed by atoms with van der Waals surface area (Å²) in [6.45, 7) is -0.214. The molecule has 0 heterocycles. The van der Waals surface area contributed by atoms with Crippen LogP contribution in [-0.4, -0.2) is 28.4 Å². The van der Waals surface area contributed by atoms with Gasteiger partial charge in [-0.3, -0.25) is 15.2 Å². The molecule has 0 radical (unpaired) electrons. The van der Waals surface area contributed by atoms with Crippen molar-refractivity contribution in [3.8, 4) is 11.5 Å². The average Bonchev–Trinajstić information content (AvgIpc) is 2.69. The van der Waals surface area contributed by atoms with Crippen molar-refractivity contribution in [1.82, 2.24) is 5.43 Å². The van der Waals surface area contributed by atoms with Gasteiger partial charge in [-0.25, -0.2) is 5.84 Å². The van der Waals surface area contributed by atoms with Crippen molar-refractivity contribution in [2.75, 3.05) is 6.54 Å². The number of halogens is 2. The summed E-state index contributed by atoms with van der Waals surface area (Å²) >= 11 is 6.43. The van der Waals surface area contributed by atoms with E-state index in [1.165, 1.54) is 0 Å². The maximum Gasteiger partial charge on any atom is 0.255 e. The number of hydrogen-bond acceptors (Lipinski definition) is 5. The number of nitrogens with zero attached hydrogens (tertiary/aromatic N) is 1. The summed E-state index contributed by atoms with van der Waals surface area (Å²) < 4.78 is 0.502. The minimum absolute atomic E-state index is 0.128. The van der Waals surface area contributed by atoms with Gasteiger partial charge in [0.15, 0.2) is 0 Å². The van der Waals surface area contributed by atoms with E-state index in [2.05, 4.69) is 36.9 Å². The lowest BCUT2D eigenvalue weighted by molar-refractivity contribution is -0.119. The molecule has 27 heavy (non-hydrogen) atoms. The number of phenolic OH excluding ortho intramolecular Hbond substituents is 2. The van der Waals surface area contributed by atoms with Gasteiger partial charge in [0.2, 0.25) is 0 Å². The third-order valence-corrected chi connectivity index (χ3v) is 5.34. The largest absolute Gasteiger partial charge is 0.506 e. The van der Waals surface area contributed by atoms with Crippen molar-refractivity contribution in [3.63, 3.8) is 0 Å². The van der Waals surface area contributed by atoms with Crippen molar-refractivity contribution >= 4 is 54.3 Å². The van der Waals surface area contributed by atoms with Crippen LogP contribution in [0.25, 0.3) is 10.8 Å². The molecule has 0 aliphatic carbocycles. The molecule has 1 amide bonds. The number of carbonyl (C=O) groups is 1. The number of aromatic hydroxyl groups is 2. The number of carbonyl (C=O) groups excluding carboxylic acids is 1. The van der Waals surface area contributed by atoms with Crippen LogP contribution < -0.4 is 11.3 Å². The molecule has 0 unspecified atom stereocenters. The predicted octanol–water partition coefficient (Wildman–Crippen LogP) is 3.60. The first-order valence-corrected chi connectivity index (χ1v) is 9.44. The SMILES string of the molecule is NNC(=O)CN=C(c1ccc2ccccc2c1)c1cc(Br)c(O)c(Br)c1O. The molecule has 0 saturated carbocycles. The van der Waals surface area contributed by atoms with Crippen LogP contribution in [0.1, 0.15) is 11.1 Å². The number of hydrazine groups is 1. The maximum absolute atomic E-state index is 11.6. The van der Waals surface area contributed by atoms with Crippen LogP contribution in [0.15, 0.2) is 62.5 Å². The Morgan fingerprint density at radius 1 is 1.04 bits per heavy atom. The summed E-state index contributed by atoms with van der Waals surface area (Å²) in [4.78, 5) is 16.0. The van der Waals surface area contributed by atoms with Crippen LogP contribution in [0.4, 0.5) is 0 Å². The van der Waals surface area contributed by atoms with E-state index in [9.17, 15) is 15.0 Å². The smallest absolute Gasteiger partial charge is 0.255 e. The zero-order valence-corrected chi connectivity index (χ0v) is 17.1. The third kappa shape index (κ3) is 3.97. The fourth-order valence-electron chi connectivity index (χ4n) is 2.64. The Morgan fingerprint density at radius 2 is 1.74 bits per heavy atom. The van der Waals surface area contributed by atoms with E-state index in [1.807, 2.05) is 47.9 Å². The molecule has 5 N–H and O–H groups in total. The molecular formula is C19H15Br2N3O3. The Morgan fingerprint density at radius 3 is 2.44 bits per heavy atom. The minimum atomic E-state index is -0.468. The molecule has 0 fully saturated rings. The summed E-state index contributed by atoms with van der Waals surface area (Å²) in [7, 11) is 0. The highest BCUT2D eigenvalue weighted by molar-refractivity contribution is 9.11. The fourth-order valence-corrected chi connectivity index (χ4v) is 3.76. The Labute approximate surface area is 172 Å². The van der Waals surface area contributed by atoms with Gasteiger partial charge < -0.3 is 10.2 Å². The average molecular weight is 493 g/mol. The molecule has 0 saturated heterocycles. The van der Waals surface area contributed by atoms with E-state index in [1.54, 1.807) is 6.07 Å². The molecule has 0 atom stereocenters. The monoisotopic (exact) mass is 491 g/mol. The second kappa shape index (κ2) is 8.08. The van der Waals surface area contributed by atoms with Crippen LogP contribution >= 0.6 is 31.9 Å². The van der Waals surface area contributed by atoms with Crippen molar-refractivity contribution in [3.05, 3.63) is 68.6 Å². The molecule has 0 spiro atoms. The molecular weight excluding hydrogens is 478 g/mol. The molecule has 6 nitrogen and oxygen atoms in total. The van der Waals surface area contributed by atoms with Gasteiger partial charge in [-0.2, -0.15) is 0 Å². The number of rotatable bonds is 4.